The van der Waals surface area contributed by atoms with Crippen LogP contribution in [0.5, 0.6) is 11.5 Å². The molecule has 0 unspecified atom stereocenters. The number of nitrogens with one attached hydrogen (secondary N) is 1. The third kappa shape index (κ3) is 6.99. The summed E-state index contributed by atoms with van der Waals surface area (Å²) in [5, 5.41) is 2.72. The van der Waals surface area contributed by atoms with Gasteiger partial charge in [0.1, 0.15) is 4.90 Å². The van der Waals surface area contributed by atoms with Gasteiger partial charge >= 0.3 is 10.1 Å². The fourth-order valence-electron chi connectivity index (χ4n) is 3.59. The highest BCUT2D eigenvalue weighted by molar-refractivity contribution is 8.18. The van der Waals surface area contributed by atoms with Gasteiger partial charge in [0.2, 0.25) is 5.91 Å². The molecule has 1 N–H and O–H groups in total. The van der Waals surface area contributed by atoms with E-state index in [-0.39, 0.29) is 40.4 Å². The predicted molar refractivity (Wildman–Crippen MR) is 149 cm³/mol. The van der Waals surface area contributed by atoms with Crippen LogP contribution in [0.25, 0.3) is 6.08 Å². The quantitative estimate of drug-likeness (QED) is 0.250. The summed E-state index contributed by atoms with van der Waals surface area (Å²) >= 11 is 6.72. The van der Waals surface area contributed by atoms with Crippen LogP contribution in [0, 0.1) is 0 Å². The molecule has 0 aliphatic carbocycles. The SMILES string of the molecule is CCOc1cc(/C=C2\SC(=O)N(Cc3ccc(Cl)cc3)C2=O)ccc1OS(=O)(=O)c1ccc(NC(C)=O)cc1. The van der Waals surface area contributed by atoms with Crippen molar-refractivity contribution in [1.29, 1.82) is 0 Å². The van der Waals surface area contributed by atoms with E-state index in [2.05, 4.69) is 5.32 Å². The van der Waals surface area contributed by atoms with E-state index < -0.39 is 21.3 Å². The molecule has 202 valence electrons. The Morgan fingerprint density at radius 3 is 2.36 bits per heavy atom. The van der Waals surface area contributed by atoms with Gasteiger partial charge in [0, 0.05) is 17.6 Å². The second kappa shape index (κ2) is 11.9. The minimum Gasteiger partial charge on any atom is -0.490 e. The number of carbonyl (C=O) groups excluding carboxylic acids is 3. The molecule has 1 saturated heterocycles. The van der Waals surface area contributed by atoms with Gasteiger partial charge in [0.05, 0.1) is 18.1 Å². The zero-order valence-corrected chi connectivity index (χ0v) is 23.2. The van der Waals surface area contributed by atoms with Crippen LogP contribution < -0.4 is 14.2 Å². The Morgan fingerprint density at radius 2 is 1.72 bits per heavy atom. The molecule has 0 bridgehead atoms. The highest BCUT2D eigenvalue weighted by Crippen LogP contribution is 2.36. The van der Waals surface area contributed by atoms with E-state index in [9.17, 15) is 22.8 Å². The number of rotatable bonds is 9. The molecular formula is C27H23ClN2O7S2. The molecule has 3 amide bonds. The van der Waals surface area contributed by atoms with Crippen LogP contribution >= 0.6 is 23.4 Å². The van der Waals surface area contributed by atoms with Gasteiger partial charge in [-0.2, -0.15) is 8.42 Å². The van der Waals surface area contributed by atoms with Gasteiger partial charge in [-0.15, -0.1) is 0 Å². The molecule has 0 spiro atoms. The lowest BCUT2D eigenvalue weighted by Gasteiger charge is -2.13. The van der Waals surface area contributed by atoms with Crippen LogP contribution in [0.4, 0.5) is 10.5 Å². The normalized spacial score (nSPS) is 14.5. The summed E-state index contributed by atoms with van der Waals surface area (Å²) in [4.78, 5) is 37.9. The maximum atomic E-state index is 12.9. The lowest BCUT2D eigenvalue weighted by molar-refractivity contribution is -0.123. The van der Waals surface area contributed by atoms with Crippen molar-refractivity contribution in [2.75, 3.05) is 11.9 Å². The predicted octanol–water partition coefficient (Wildman–Crippen LogP) is 5.70. The fraction of sp³-hybridized carbons (Fsp3) is 0.148. The molecule has 4 rings (SSSR count). The Kier molecular flexibility index (Phi) is 8.63. The Bertz CT molecular complexity index is 1550. The van der Waals surface area contributed by atoms with Crippen LogP contribution in [-0.2, 0) is 26.3 Å². The van der Waals surface area contributed by atoms with Crippen molar-refractivity contribution in [2.45, 2.75) is 25.3 Å². The number of amides is 3. The third-order valence-corrected chi connectivity index (χ3v) is 7.76. The third-order valence-electron chi connectivity index (χ3n) is 5.36. The van der Waals surface area contributed by atoms with Crippen molar-refractivity contribution in [3.05, 3.63) is 87.8 Å². The van der Waals surface area contributed by atoms with Crippen LogP contribution in [0.2, 0.25) is 5.02 Å². The van der Waals surface area contributed by atoms with E-state index in [0.29, 0.717) is 16.3 Å². The second-order valence-corrected chi connectivity index (χ2v) is 11.3. The summed E-state index contributed by atoms with van der Waals surface area (Å²) in [5.74, 6) is -0.626. The van der Waals surface area contributed by atoms with Gasteiger partial charge in [0.15, 0.2) is 11.5 Å². The lowest BCUT2D eigenvalue weighted by atomic mass is 10.1. The van der Waals surface area contributed by atoms with E-state index in [0.717, 1.165) is 22.2 Å². The number of imide groups is 1. The van der Waals surface area contributed by atoms with Crippen LogP contribution in [0.3, 0.4) is 0 Å². The first-order valence-corrected chi connectivity index (χ1v) is 14.2. The number of nitrogens with zero attached hydrogens (tertiary/aromatic N) is 1. The highest BCUT2D eigenvalue weighted by atomic mass is 35.5. The molecule has 1 aliphatic rings. The van der Waals surface area contributed by atoms with Crippen molar-refractivity contribution in [1.82, 2.24) is 4.90 Å². The van der Waals surface area contributed by atoms with E-state index in [1.165, 1.54) is 49.4 Å². The largest absolute Gasteiger partial charge is 0.490 e. The number of thioether (sulfide) groups is 1. The maximum absolute atomic E-state index is 12.9. The molecular weight excluding hydrogens is 564 g/mol. The lowest BCUT2D eigenvalue weighted by Crippen LogP contribution is -2.27. The van der Waals surface area contributed by atoms with Crippen molar-refractivity contribution < 1.29 is 31.7 Å². The van der Waals surface area contributed by atoms with Crippen LogP contribution in [0.15, 0.2) is 76.5 Å². The van der Waals surface area contributed by atoms with Gasteiger partial charge in [-0.3, -0.25) is 19.3 Å². The summed E-state index contributed by atoms with van der Waals surface area (Å²) in [6.07, 6.45) is 1.54. The summed E-state index contributed by atoms with van der Waals surface area (Å²) in [6, 6.07) is 16.9. The zero-order valence-electron chi connectivity index (χ0n) is 20.8. The van der Waals surface area contributed by atoms with E-state index >= 15 is 0 Å². The average Bonchev–Trinajstić information content (AvgIpc) is 3.14. The summed E-state index contributed by atoms with van der Waals surface area (Å²) in [6.45, 7) is 3.41. The first-order chi connectivity index (χ1) is 18.6. The second-order valence-electron chi connectivity index (χ2n) is 8.28. The summed E-state index contributed by atoms with van der Waals surface area (Å²) in [7, 11) is -4.22. The molecule has 1 heterocycles. The van der Waals surface area contributed by atoms with E-state index in [1.54, 1.807) is 37.3 Å². The van der Waals surface area contributed by atoms with Crippen LogP contribution in [-0.4, -0.2) is 37.0 Å². The minimum atomic E-state index is -4.22. The van der Waals surface area contributed by atoms with Crippen LogP contribution in [0.1, 0.15) is 25.0 Å². The zero-order chi connectivity index (χ0) is 28.2. The first kappa shape index (κ1) is 28.2. The molecule has 0 aromatic heterocycles. The van der Waals surface area contributed by atoms with Gasteiger partial charge < -0.3 is 14.2 Å². The summed E-state index contributed by atoms with van der Waals surface area (Å²) < 4.78 is 36.7. The highest BCUT2D eigenvalue weighted by Gasteiger charge is 2.35. The van der Waals surface area contributed by atoms with Gasteiger partial charge in [0.25, 0.3) is 11.1 Å². The average molecular weight is 587 g/mol. The molecule has 1 fully saturated rings. The van der Waals surface area contributed by atoms with E-state index in [4.69, 9.17) is 20.5 Å². The van der Waals surface area contributed by atoms with Crippen molar-refractivity contribution >= 4 is 62.3 Å². The molecule has 12 heteroatoms. The van der Waals surface area contributed by atoms with Gasteiger partial charge in [-0.05, 0) is 84.4 Å². The number of benzene rings is 3. The Labute approximate surface area is 234 Å². The molecule has 9 nitrogen and oxygen atoms in total. The number of anilines is 1. The fourth-order valence-corrected chi connectivity index (χ4v) is 5.49. The molecule has 0 atom stereocenters. The topological polar surface area (TPSA) is 119 Å². The summed E-state index contributed by atoms with van der Waals surface area (Å²) in [5.41, 5.74) is 1.72. The molecule has 1 aliphatic heterocycles. The Morgan fingerprint density at radius 1 is 1.03 bits per heavy atom. The molecule has 0 radical (unpaired) electrons. The number of carbonyl (C=O) groups is 3. The van der Waals surface area contributed by atoms with Gasteiger partial charge in [-0.25, -0.2) is 0 Å². The Balaban J connectivity index is 1.54. The molecule has 3 aromatic rings. The smallest absolute Gasteiger partial charge is 0.339 e. The maximum Gasteiger partial charge on any atom is 0.339 e. The first-order valence-electron chi connectivity index (χ1n) is 11.6. The van der Waals surface area contributed by atoms with Crippen molar-refractivity contribution in [3.63, 3.8) is 0 Å². The Hall–Kier alpha value is -3.80. The minimum absolute atomic E-state index is 0.0456. The number of hydrogen-bond donors (Lipinski definition) is 1. The molecule has 3 aromatic carbocycles. The molecule has 0 saturated carbocycles. The van der Waals surface area contributed by atoms with Crippen molar-refractivity contribution in [3.8, 4) is 11.5 Å². The van der Waals surface area contributed by atoms with Crippen molar-refractivity contribution in [2.24, 2.45) is 0 Å². The number of halogens is 1. The number of hydrogen-bond acceptors (Lipinski definition) is 8. The standard InChI is InChI=1S/C27H23ClN2O7S2/c1-3-36-24-14-19(15-25-26(32)30(27(33)38-25)16-18-4-7-20(28)8-5-18)6-13-23(24)37-39(34,35)22-11-9-21(10-12-22)29-17(2)31/h4-15H,3,16H2,1-2H3,(H,29,31)/b25-15-. The van der Waals surface area contributed by atoms with Gasteiger partial charge in [-0.1, -0.05) is 29.8 Å². The van der Waals surface area contributed by atoms with E-state index in [1.807, 2.05) is 0 Å². The number of ether oxygens (including phenoxy) is 1. The molecule has 39 heavy (non-hydrogen) atoms. The monoisotopic (exact) mass is 586 g/mol.